The molecular weight excluding hydrogens is 757 g/mol. The third-order valence-electron chi connectivity index (χ3n) is 14.0. The minimum absolute atomic E-state index is 0.0250. The van der Waals surface area contributed by atoms with Crippen LogP contribution in [-0.4, -0.2) is 76.5 Å². The summed E-state index contributed by atoms with van der Waals surface area (Å²) in [5, 5.41) is 11.2. The van der Waals surface area contributed by atoms with Crippen molar-refractivity contribution in [1.82, 2.24) is 0 Å². The fourth-order valence-corrected chi connectivity index (χ4v) is 10.9. The molecule has 58 heavy (non-hydrogen) atoms. The second kappa shape index (κ2) is 24.6. The third kappa shape index (κ3) is 17.4. The van der Waals surface area contributed by atoms with Gasteiger partial charge in [-0.3, -0.25) is 0 Å². The molecule has 0 bridgehead atoms. The van der Waals surface area contributed by atoms with Crippen LogP contribution < -0.4 is 0 Å². The summed E-state index contributed by atoms with van der Waals surface area (Å²) >= 11 is 0. The van der Waals surface area contributed by atoms with Crippen LogP contribution in [0.3, 0.4) is 0 Å². The van der Waals surface area contributed by atoms with Crippen LogP contribution >= 0.6 is 0 Å². The molecule has 0 saturated carbocycles. The monoisotopic (exact) mass is 847 g/mol. The van der Waals surface area contributed by atoms with Crippen molar-refractivity contribution in [1.29, 1.82) is 0 Å². The van der Waals surface area contributed by atoms with Gasteiger partial charge in [-0.25, -0.2) is 4.79 Å². The topological polar surface area (TPSA) is 83.5 Å². The highest BCUT2D eigenvalue weighted by Gasteiger charge is 2.45. The SMILES string of the molecule is CCCCCCCCCC[C@H](O[Si](C)(C)C(C)(C)C)[C@H]1CC[C@@H]([C@@H]2CC[C@H]([C@H](O)C#CCCCCCCCC[C@H](CC3=C[C@H](C)OC3=O)O[Si](C)(C)C(C)(C)C)O2)O1. The molecule has 2 saturated heterocycles. The molecule has 1 N–H and O–H groups in total. The van der Waals surface area contributed by atoms with E-state index in [1.165, 1.54) is 64.2 Å². The highest BCUT2D eigenvalue weighted by Crippen LogP contribution is 2.42. The van der Waals surface area contributed by atoms with Gasteiger partial charge in [0, 0.05) is 24.5 Å². The van der Waals surface area contributed by atoms with Crippen molar-refractivity contribution < 1.29 is 33.0 Å². The number of carbonyl (C=O) groups excluding carboxylic acids is 1. The summed E-state index contributed by atoms with van der Waals surface area (Å²) in [6.45, 7) is 27.3. The summed E-state index contributed by atoms with van der Waals surface area (Å²) < 4.78 is 32.5. The van der Waals surface area contributed by atoms with Crippen molar-refractivity contribution in [2.45, 2.75) is 282 Å². The zero-order chi connectivity index (χ0) is 43.0. The smallest absolute Gasteiger partial charge is 0.334 e. The van der Waals surface area contributed by atoms with E-state index < -0.39 is 22.7 Å². The van der Waals surface area contributed by atoms with Gasteiger partial charge in [-0.1, -0.05) is 138 Å². The summed E-state index contributed by atoms with van der Waals surface area (Å²) in [6, 6.07) is 0. The predicted molar refractivity (Wildman–Crippen MR) is 246 cm³/mol. The number of hydrogen-bond acceptors (Lipinski definition) is 7. The van der Waals surface area contributed by atoms with Crippen LogP contribution in [0.1, 0.15) is 197 Å². The first-order valence-electron chi connectivity index (χ1n) is 24.0. The Hall–Kier alpha value is -0.996. The summed E-state index contributed by atoms with van der Waals surface area (Å²) in [5.74, 6) is 6.19. The quantitative estimate of drug-likeness (QED) is 0.0402. The molecule has 3 rings (SSSR count). The minimum Gasteiger partial charge on any atom is -0.455 e. The average molecular weight is 847 g/mol. The standard InChI is InChI=1S/C49H90O7Si2/c1-13-14-15-16-17-22-25-28-31-46(56-58(11,12)49(6,7)8)45-35-34-44(54-45)43-33-32-42(53-43)41(50)30-27-24-21-19-18-20-23-26-29-40(55-57(9,10)48(3,4)5)37-39-36-38(2)52-47(39)51/h36,38,40-46,50H,13-26,28-29,31-35,37H2,1-12H3/t38-,40+,41+,42+,43-,44-,45+,46-/m0/s1. The van der Waals surface area contributed by atoms with Gasteiger partial charge >= 0.3 is 5.97 Å². The molecular formula is C49H90O7Si2. The lowest BCUT2D eigenvalue weighted by atomic mass is 10.0. The normalized spacial score (nSPS) is 24.7. The van der Waals surface area contributed by atoms with Crippen molar-refractivity contribution in [3.05, 3.63) is 11.6 Å². The lowest BCUT2D eigenvalue weighted by molar-refractivity contribution is -0.139. The number of carbonyl (C=O) groups is 1. The predicted octanol–water partition coefficient (Wildman–Crippen LogP) is 13.1. The zero-order valence-electron chi connectivity index (χ0n) is 39.6. The Kier molecular flexibility index (Phi) is 21.8. The lowest BCUT2D eigenvalue weighted by Crippen LogP contribution is -2.47. The molecule has 8 atom stereocenters. The van der Waals surface area contributed by atoms with E-state index in [1.807, 2.05) is 13.0 Å². The van der Waals surface area contributed by atoms with Gasteiger partial charge < -0.3 is 28.2 Å². The van der Waals surface area contributed by atoms with Gasteiger partial charge in [0.1, 0.15) is 12.2 Å². The van der Waals surface area contributed by atoms with E-state index in [-0.39, 0.29) is 58.8 Å². The molecule has 3 aliphatic rings. The highest BCUT2D eigenvalue weighted by atomic mass is 28.4. The van der Waals surface area contributed by atoms with Crippen LogP contribution in [0.4, 0.5) is 0 Å². The van der Waals surface area contributed by atoms with Crippen molar-refractivity contribution >= 4 is 22.6 Å². The van der Waals surface area contributed by atoms with Crippen LogP contribution in [0.2, 0.25) is 36.3 Å². The van der Waals surface area contributed by atoms with E-state index in [9.17, 15) is 9.90 Å². The van der Waals surface area contributed by atoms with Crippen LogP contribution in [0.5, 0.6) is 0 Å². The largest absolute Gasteiger partial charge is 0.455 e. The van der Waals surface area contributed by atoms with E-state index in [0.29, 0.717) is 6.42 Å². The van der Waals surface area contributed by atoms with E-state index in [2.05, 4.69) is 86.5 Å². The number of esters is 1. The molecule has 0 spiro atoms. The number of rotatable bonds is 26. The summed E-state index contributed by atoms with van der Waals surface area (Å²) in [5.41, 5.74) is 0.777. The molecule has 9 heteroatoms. The molecule has 7 nitrogen and oxygen atoms in total. The molecule has 0 aromatic carbocycles. The molecule has 0 aromatic rings. The summed E-state index contributed by atoms with van der Waals surface area (Å²) in [7, 11) is -3.89. The first-order valence-corrected chi connectivity index (χ1v) is 29.8. The van der Waals surface area contributed by atoms with Crippen LogP contribution in [0.25, 0.3) is 0 Å². The second-order valence-electron chi connectivity index (χ2n) is 21.2. The van der Waals surface area contributed by atoms with Crippen molar-refractivity contribution in [3.63, 3.8) is 0 Å². The zero-order valence-corrected chi connectivity index (χ0v) is 41.6. The number of aliphatic hydroxyl groups is 1. The van der Waals surface area contributed by atoms with Gasteiger partial charge in [0.25, 0.3) is 0 Å². The van der Waals surface area contributed by atoms with E-state index in [0.717, 1.165) is 76.2 Å². The number of ether oxygens (including phenoxy) is 3. The fourth-order valence-electron chi connectivity index (χ4n) is 8.17. The number of hydrogen-bond donors (Lipinski definition) is 1. The van der Waals surface area contributed by atoms with Crippen molar-refractivity contribution in [2.24, 2.45) is 0 Å². The Bertz CT molecular complexity index is 1290. The number of unbranched alkanes of at least 4 members (excludes halogenated alkanes) is 13. The van der Waals surface area contributed by atoms with Gasteiger partial charge in [0.15, 0.2) is 16.6 Å². The van der Waals surface area contributed by atoms with Crippen molar-refractivity contribution in [2.75, 3.05) is 0 Å². The van der Waals surface area contributed by atoms with Gasteiger partial charge in [-0.15, -0.1) is 5.92 Å². The van der Waals surface area contributed by atoms with Gasteiger partial charge in [0.2, 0.25) is 0 Å². The van der Waals surface area contributed by atoms with Gasteiger partial charge in [0.05, 0.1) is 30.5 Å². The number of aliphatic hydroxyl groups excluding tert-OH is 1. The van der Waals surface area contributed by atoms with Crippen molar-refractivity contribution in [3.8, 4) is 11.8 Å². The molecule has 336 valence electrons. The minimum atomic E-state index is -1.95. The second-order valence-corrected chi connectivity index (χ2v) is 30.7. The maximum atomic E-state index is 12.3. The van der Waals surface area contributed by atoms with Crippen LogP contribution in [0.15, 0.2) is 11.6 Å². The van der Waals surface area contributed by atoms with E-state index in [1.54, 1.807) is 0 Å². The van der Waals surface area contributed by atoms with Gasteiger partial charge in [-0.2, -0.15) is 0 Å². The third-order valence-corrected chi connectivity index (χ3v) is 23.0. The van der Waals surface area contributed by atoms with Crippen LogP contribution in [-0.2, 0) is 27.9 Å². The Morgan fingerprint density at radius 2 is 1.22 bits per heavy atom. The summed E-state index contributed by atoms with van der Waals surface area (Å²) in [6.07, 6.45) is 25.9. The fraction of sp³-hybridized carbons (Fsp3) is 0.898. The van der Waals surface area contributed by atoms with Gasteiger partial charge in [-0.05, 0) is 94.2 Å². The Balaban J connectivity index is 1.35. The van der Waals surface area contributed by atoms with Crippen LogP contribution in [0, 0.1) is 11.8 Å². The molecule has 0 radical (unpaired) electrons. The molecule has 3 heterocycles. The lowest BCUT2D eigenvalue weighted by Gasteiger charge is -2.41. The molecule has 0 aliphatic carbocycles. The molecule has 0 unspecified atom stereocenters. The highest BCUT2D eigenvalue weighted by molar-refractivity contribution is 6.74. The van der Waals surface area contributed by atoms with E-state index in [4.69, 9.17) is 23.1 Å². The Labute approximate surface area is 359 Å². The Morgan fingerprint density at radius 1 is 0.724 bits per heavy atom. The molecule has 2 fully saturated rings. The maximum absolute atomic E-state index is 12.3. The Morgan fingerprint density at radius 3 is 1.78 bits per heavy atom. The maximum Gasteiger partial charge on any atom is 0.334 e. The summed E-state index contributed by atoms with van der Waals surface area (Å²) in [4.78, 5) is 12.3. The molecule has 0 amide bonds. The first-order chi connectivity index (χ1) is 27.2. The average Bonchev–Trinajstić information content (AvgIpc) is 3.89. The molecule has 3 aliphatic heterocycles. The first kappa shape index (κ1) is 51.4. The van der Waals surface area contributed by atoms with E-state index >= 15 is 0 Å². The number of cyclic esters (lactones) is 1. The molecule has 0 aromatic heterocycles.